The maximum Gasteiger partial charge on any atom is 0.246 e. The Balaban J connectivity index is 1.99. The molecule has 0 unspecified atom stereocenters. The van der Waals surface area contributed by atoms with Gasteiger partial charge in [0.2, 0.25) is 11.8 Å². The van der Waals surface area contributed by atoms with E-state index < -0.39 is 0 Å². The number of methoxy groups -OCH3 is 1. The van der Waals surface area contributed by atoms with Gasteiger partial charge in [0.25, 0.3) is 0 Å². The highest BCUT2D eigenvalue weighted by Crippen LogP contribution is 2.21. The van der Waals surface area contributed by atoms with Crippen LogP contribution in [0.1, 0.15) is 12.8 Å². The molecule has 0 saturated heterocycles. The van der Waals surface area contributed by atoms with Crippen LogP contribution in [0.2, 0.25) is 0 Å². The molecule has 0 bridgehead atoms. The van der Waals surface area contributed by atoms with Crippen LogP contribution in [-0.4, -0.2) is 31.2 Å². The van der Waals surface area contributed by atoms with Crippen molar-refractivity contribution in [3.05, 3.63) is 24.1 Å². The molecule has 0 atom stereocenters. The van der Waals surface area contributed by atoms with E-state index in [0.717, 1.165) is 0 Å². The third-order valence-electron chi connectivity index (χ3n) is 2.51. The first-order chi connectivity index (χ1) is 9.22. The van der Waals surface area contributed by atoms with Crippen LogP contribution in [0, 0.1) is 0 Å². The number of amides is 1. The van der Waals surface area contributed by atoms with Gasteiger partial charge in [0, 0.05) is 12.7 Å². The highest BCUT2D eigenvalue weighted by Gasteiger charge is 2.08. The van der Waals surface area contributed by atoms with Gasteiger partial charge in [-0.2, -0.15) is 0 Å². The van der Waals surface area contributed by atoms with Crippen molar-refractivity contribution in [1.29, 1.82) is 0 Å². The fourth-order valence-electron chi connectivity index (χ4n) is 1.58. The van der Waals surface area contributed by atoms with Gasteiger partial charge in [-0.15, -0.1) is 0 Å². The molecule has 1 N–H and O–H groups in total. The number of aromatic nitrogens is 1. The van der Waals surface area contributed by atoms with Crippen molar-refractivity contribution in [3.63, 3.8) is 0 Å². The number of ether oxygens (including phenoxy) is 2. The number of fused-ring (bicyclic) bond motifs is 1. The first-order valence-electron chi connectivity index (χ1n) is 6.01. The summed E-state index contributed by atoms with van der Waals surface area (Å²) in [5, 5.41) is 2.67. The standard InChI is InChI=1S/C13H16N2O4/c1-3-18-8-12(16)14-7-13-15-10-6-9(17-2)4-5-11(10)19-13/h4-6H,3,7-8H2,1-2H3,(H,14,16). The molecule has 0 aliphatic carbocycles. The number of hydrogen-bond donors (Lipinski definition) is 1. The Morgan fingerprint density at radius 2 is 2.32 bits per heavy atom. The number of nitrogens with zero attached hydrogens (tertiary/aromatic N) is 1. The molecule has 1 aromatic heterocycles. The van der Waals surface area contributed by atoms with Gasteiger partial charge in [-0.3, -0.25) is 4.79 Å². The first-order valence-corrected chi connectivity index (χ1v) is 6.01. The summed E-state index contributed by atoms with van der Waals surface area (Å²) >= 11 is 0. The summed E-state index contributed by atoms with van der Waals surface area (Å²) in [5.41, 5.74) is 1.36. The van der Waals surface area contributed by atoms with E-state index in [4.69, 9.17) is 13.9 Å². The molecule has 0 aliphatic heterocycles. The van der Waals surface area contributed by atoms with E-state index in [1.807, 2.05) is 6.92 Å². The van der Waals surface area contributed by atoms with Gasteiger partial charge < -0.3 is 19.2 Å². The molecule has 1 amide bonds. The smallest absolute Gasteiger partial charge is 0.246 e. The lowest BCUT2D eigenvalue weighted by Gasteiger charge is -2.01. The summed E-state index contributed by atoms with van der Waals surface area (Å²) in [6.07, 6.45) is 0. The van der Waals surface area contributed by atoms with Crippen molar-refractivity contribution in [2.75, 3.05) is 20.3 Å². The Hall–Kier alpha value is -2.08. The largest absolute Gasteiger partial charge is 0.497 e. The van der Waals surface area contributed by atoms with Gasteiger partial charge in [-0.25, -0.2) is 4.98 Å². The SMILES string of the molecule is CCOCC(=O)NCc1nc2cc(OC)ccc2o1. The minimum absolute atomic E-state index is 0.0462. The topological polar surface area (TPSA) is 73.6 Å². The predicted octanol–water partition coefficient (Wildman–Crippen LogP) is 1.49. The van der Waals surface area contributed by atoms with Gasteiger partial charge in [-0.05, 0) is 19.1 Å². The molecule has 0 saturated carbocycles. The van der Waals surface area contributed by atoms with Crippen molar-refractivity contribution in [1.82, 2.24) is 10.3 Å². The average Bonchev–Trinajstić information content (AvgIpc) is 2.84. The van der Waals surface area contributed by atoms with Crippen LogP contribution in [0.15, 0.2) is 22.6 Å². The van der Waals surface area contributed by atoms with Crippen LogP contribution in [0.25, 0.3) is 11.1 Å². The second kappa shape index (κ2) is 6.19. The quantitative estimate of drug-likeness (QED) is 0.855. The molecule has 0 fully saturated rings. The molecule has 2 rings (SSSR count). The minimum Gasteiger partial charge on any atom is -0.497 e. The number of carbonyl (C=O) groups excluding carboxylic acids is 1. The van der Waals surface area contributed by atoms with E-state index in [0.29, 0.717) is 29.3 Å². The van der Waals surface area contributed by atoms with E-state index in [1.165, 1.54) is 0 Å². The van der Waals surface area contributed by atoms with Crippen LogP contribution in [-0.2, 0) is 16.1 Å². The van der Waals surface area contributed by atoms with Crippen LogP contribution >= 0.6 is 0 Å². The summed E-state index contributed by atoms with van der Waals surface area (Å²) in [5.74, 6) is 0.975. The zero-order valence-corrected chi connectivity index (χ0v) is 10.9. The Bertz CT molecular complexity index is 565. The molecule has 6 nitrogen and oxygen atoms in total. The van der Waals surface area contributed by atoms with Gasteiger partial charge in [0.05, 0.1) is 13.7 Å². The van der Waals surface area contributed by atoms with Crippen LogP contribution in [0.4, 0.5) is 0 Å². The molecule has 0 radical (unpaired) electrons. The van der Waals surface area contributed by atoms with E-state index in [1.54, 1.807) is 25.3 Å². The van der Waals surface area contributed by atoms with Gasteiger partial charge in [-0.1, -0.05) is 0 Å². The van der Waals surface area contributed by atoms with Crippen LogP contribution in [0.5, 0.6) is 5.75 Å². The van der Waals surface area contributed by atoms with Gasteiger partial charge in [0.1, 0.15) is 17.9 Å². The molecule has 19 heavy (non-hydrogen) atoms. The fraction of sp³-hybridized carbons (Fsp3) is 0.385. The van der Waals surface area contributed by atoms with E-state index in [2.05, 4.69) is 10.3 Å². The van der Waals surface area contributed by atoms with E-state index in [9.17, 15) is 4.79 Å². The number of nitrogens with one attached hydrogen (secondary N) is 1. The second-order valence-corrected chi connectivity index (χ2v) is 3.86. The predicted molar refractivity (Wildman–Crippen MR) is 68.9 cm³/mol. The molecular formula is C13H16N2O4. The fourth-order valence-corrected chi connectivity index (χ4v) is 1.58. The number of benzene rings is 1. The maximum absolute atomic E-state index is 11.4. The molecule has 1 aromatic carbocycles. The Kier molecular flexibility index (Phi) is 4.35. The summed E-state index contributed by atoms with van der Waals surface area (Å²) in [7, 11) is 1.59. The van der Waals surface area contributed by atoms with Crippen molar-refractivity contribution in [2.45, 2.75) is 13.5 Å². The monoisotopic (exact) mass is 264 g/mol. The molecule has 2 aromatic rings. The molecule has 1 heterocycles. The van der Waals surface area contributed by atoms with Crippen molar-refractivity contribution < 1.29 is 18.7 Å². The van der Waals surface area contributed by atoms with Crippen LogP contribution < -0.4 is 10.1 Å². The maximum atomic E-state index is 11.4. The third-order valence-corrected chi connectivity index (χ3v) is 2.51. The van der Waals surface area contributed by atoms with Crippen molar-refractivity contribution in [3.8, 4) is 5.75 Å². The Morgan fingerprint density at radius 1 is 1.47 bits per heavy atom. The Labute approximate surface area is 110 Å². The molecule has 6 heteroatoms. The van der Waals surface area contributed by atoms with Crippen LogP contribution in [0.3, 0.4) is 0 Å². The molecule has 0 aliphatic rings. The highest BCUT2D eigenvalue weighted by atomic mass is 16.5. The zero-order valence-electron chi connectivity index (χ0n) is 10.9. The Morgan fingerprint density at radius 3 is 3.05 bits per heavy atom. The van der Waals surface area contributed by atoms with Gasteiger partial charge in [0.15, 0.2) is 5.58 Å². The van der Waals surface area contributed by atoms with E-state index in [-0.39, 0.29) is 19.1 Å². The molecule has 102 valence electrons. The number of hydrogen-bond acceptors (Lipinski definition) is 5. The summed E-state index contributed by atoms with van der Waals surface area (Å²) in [6, 6.07) is 5.36. The zero-order chi connectivity index (χ0) is 13.7. The normalized spacial score (nSPS) is 10.6. The third kappa shape index (κ3) is 3.45. The number of rotatable bonds is 6. The average molecular weight is 264 g/mol. The highest BCUT2D eigenvalue weighted by molar-refractivity contribution is 5.77. The van der Waals surface area contributed by atoms with Gasteiger partial charge >= 0.3 is 0 Å². The summed E-state index contributed by atoms with van der Waals surface area (Å²) in [4.78, 5) is 15.6. The molecule has 0 spiro atoms. The molecular weight excluding hydrogens is 248 g/mol. The van der Waals surface area contributed by atoms with Crippen molar-refractivity contribution in [2.24, 2.45) is 0 Å². The second-order valence-electron chi connectivity index (χ2n) is 3.86. The summed E-state index contributed by atoms with van der Waals surface area (Å²) in [6.45, 7) is 2.63. The van der Waals surface area contributed by atoms with Crippen molar-refractivity contribution >= 4 is 17.0 Å². The lowest BCUT2D eigenvalue weighted by Crippen LogP contribution is -2.27. The first kappa shape index (κ1) is 13.4. The number of oxazole rings is 1. The summed E-state index contributed by atoms with van der Waals surface area (Å²) < 4.78 is 15.6. The lowest BCUT2D eigenvalue weighted by atomic mass is 10.3. The number of carbonyl (C=O) groups is 1. The minimum atomic E-state index is -0.193. The lowest BCUT2D eigenvalue weighted by molar-refractivity contribution is -0.125. The van der Waals surface area contributed by atoms with E-state index >= 15 is 0 Å².